The molecule has 1 saturated heterocycles. The topological polar surface area (TPSA) is 41.1 Å². The maximum atomic E-state index is 12.1. The highest BCUT2D eigenvalue weighted by molar-refractivity contribution is 5.76. The second-order valence-corrected chi connectivity index (χ2v) is 6.29. The molecule has 1 aliphatic rings. The lowest BCUT2D eigenvalue weighted by molar-refractivity contribution is -0.122. The summed E-state index contributed by atoms with van der Waals surface area (Å²) in [6.45, 7) is 6.48. The number of hydrogen-bond acceptors (Lipinski definition) is 2. The van der Waals surface area contributed by atoms with E-state index in [0.717, 1.165) is 25.4 Å². The van der Waals surface area contributed by atoms with Crippen LogP contribution in [0.4, 0.5) is 0 Å². The molecule has 1 aromatic carbocycles. The van der Waals surface area contributed by atoms with E-state index < -0.39 is 0 Å². The van der Waals surface area contributed by atoms with Crippen LogP contribution in [0.5, 0.6) is 0 Å². The summed E-state index contributed by atoms with van der Waals surface area (Å²) in [6.07, 6.45) is 4.11. The Morgan fingerprint density at radius 1 is 1.24 bits per heavy atom. The monoisotopic (exact) mass is 288 g/mol. The van der Waals surface area contributed by atoms with Crippen molar-refractivity contribution < 1.29 is 4.79 Å². The van der Waals surface area contributed by atoms with Crippen LogP contribution in [0, 0.1) is 5.92 Å². The molecule has 2 N–H and O–H groups in total. The number of nitrogens with one attached hydrogen (secondary N) is 2. The molecule has 0 spiro atoms. The molecule has 2 rings (SSSR count). The van der Waals surface area contributed by atoms with Gasteiger partial charge in [0.15, 0.2) is 0 Å². The summed E-state index contributed by atoms with van der Waals surface area (Å²) in [6, 6.07) is 10.6. The molecule has 0 saturated carbocycles. The first-order chi connectivity index (χ1) is 10.2. The maximum absolute atomic E-state index is 12.1. The zero-order valence-corrected chi connectivity index (χ0v) is 13.3. The Morgan fingerprint density at radius 2 is 1.90 bits per heavy atom. The molecule has 21 heavy (non-hydrogen) atoms. The van der Waals surface area contributed by atoms with E-state index in [-0.39, 0.29) is 11.9 Å². The third-order valence-corrected chi connectivity index (χ3v) is 4.70. The number of piperidine rings is 1. The van der Waals surface area contributed by atoms with Gasteiger partial charge < -0.3 is 10.6 Å². The standard InChI is InChI=1S/C18H28N2O/c1-14(17-6-4-3-5-7-17)15(2)20-18(21)9-8-16-10-12-19-13-11-16/h3-7,14-16,19H,8-13H2,1-2H3,(H,20,21). The van der Waals surface area contributed by atoms with Crippen molar-refractivity contribution in [2.24, 2.45) is 5.92 Å². The van der Waals surface area contributed by atoms with Crippen molar-refractivity contribution in [1.82, 2.24) is 10.6 Å². The minimum Gasteiger partial charge on any atom is -0.353 e. The van der Waals surface area contributed by atoms with Crippen molar-refractivity contribution in [2.45, 2.75) is 51.5 Å². The Balaban J connectivity index is 1.73. The van der Waals surface area contributed by atoms with E-state index in [1.54, 1.807) is 0 Å². The van der Waals surface area contributed by atoms with Gasteiger partial charge in [-0.25, -0.2) is 0 Å². The van der Waals surface area contributed by atoms with Gasteiger partial charge in [-0.3, -0.25) is 4.79 Å². The maximum Gasteiger partial charge on any atom is 0.220 e. The first-order valence-corrected chi connectivity index (χ1v) is 8.22. The van der Waals surface area contributed by atoms with Crippen molar-refractivity contribution in [3.8, 4) is 0 Å². The quantitative estimate of drug-likeness (QED) is 0.844. The van der Waals surface area contributed by atoms with Crippen molar-refractivity contribution in [3.63, 3.8) is 0 Å². The van der Waals surface area contributed by atoms with E-state index in [4.69, 9.17) is 0 Å². The third-order valence-electron chi connectivity index (χ3n) is 4.70. The van der Waals surface area contributed by atoms with Crippen LogP contribution in [0.3, 0.4) is 0 Å². The fraction of sp³-hybridized carbons (Fsp3) is 0.611. The molecule has 3 nitrogen and oxygen atoms in total. The van der Waals surface area contributed by atoms with Gasteiger partial charge in [0.05, 0.1) is 0 Å². The normalized spacial score (nSPS) is 19.0. The largest absolute Gasteiger partial charge is 0.353 e. The zero-order chi connectivity index (χ0) is 15.1. The molecule has 3 heteroatoms. The summed E-state index contributed by atoms with van der Waals surface area (Å²) >= 11 is 0. The molecule has 1 fully saturated rings. The van der Waals surface area contributed by atoms with Crippen molar-refractivity contribution in [2.75, 3.05) is 13.1 Å². The van der Waals surface area contributed by atoms with Gasteiger partial charge in [-0.1, -0.05) is 37.3 Å². The third kappa shape index (κ3) is 5.16. The molecule has 1 amide bonds. The van der Waals surface area contributed by atoms with Gasteiger partial charge in [0, 0.05) is 18.4 Å². The van der Waals surface area contributed by atoms with E-state index in [1.807, 2.05) is 6.07 Å². The fourth-order valence-corrected chi connectivity index (χ4v) is 3.00. The predicted molar refractivity (Wildman–Crippen MR) is 87.3 cm³/mol. The molecule has 0 aliphatic carbocycles. The second-order valence-electron chi connectivity index (χ2n) is 6.29. The Bertz CT molecular complexity index is 426. The molecule has 2 unspecified atom stereocenters. The number of benzene rings is 1. The summed E-state index contributed by atoms with van der Waals surface area (Å²) in [5, 5.41) is 6.53. The van der Waals surface area contributed by atoms with Gasteiger partial charge in [0.25, 0.3) is 0 Å². The summed E-state index contributed by atoms with van der Waals surface area (Å²) in [5.41, 5.74) is 1.28. The van der Waals surface area contributed by atoms with Gasteiger partial charge in [-0.05, 0) is 50.8 Å². The van der Waals surface area contributed by atoms with Crippen molar-refractivity contribution >= 4 is 5.91 Å². The molecule has 1 aromatic rings. The van der Waals surface area contributed by atoms with Gasteiger partial charge in [-0.2, -0.15) is 0 Å². The first kappa shape index (κ1) is 16.0. The van der Waals surface area contributed by atoms with Crippen LogP contribution in [0.25, 0.3) is 0 Å². The molecule has 0 radical (unpaired) electrons. The molecule has 116 valence electrons. The molecule has 2 atom stereocenters. The van der Waals surface area contributed by atoms with Gasteiger partial charge in [0.1, 0.15) is 0 Å². The fourth-order valence-electron chi connectivity index (χ4n) is 3.00. The highest BCUT2D eigenvalue weighted by Crippen LogP contribution is 2.20. The lowest BCUT2D eigenvalue weighted by Gasteiger charge is -2.24. The predicted octanol–water partition coefficient (Wildman–Crippen LogP) is 3.07. The van der Waals surface area contributed by atoms with Crippen LogP contribution in [-0.2, 0) is 4.79 Å². The molecule has 1 aliphatic heterocycles. The minimum absolute atomic E-state index is 0.174. The van der Waals surface area contributed by atoms with Crippen LogP contribution in [0.15, 0.2) is 30.3 Å². The highest BCUT2D eigenvalue weighted by atomic mass is 16.1. The number of carbonyl (C=O) groups is 1. The summed E-state index contributed by atoms with van der Waals surface area (Å²) in [5.74, 6) is 1.26. The lowest BCUT2D eigenvalue weighted by Crippen LogP contribution is -2.36. The Labute approximate surface area is 128 Å². The van der Waals surface area contributed by atoms with Crippen LogP contribution < -0.4 is 10.6 Å². The SMILES string of the molecule is CC(NC(=O)CCC1CCNCC1)C(C)c1ccccc1. The minimum atomic E-state index is 0.174. The van der Waals surface area contributed by atoms with Gasteiger partial charge in [-0.15, -0.1) is 0 Å². The van der Waals surface area contributed by atoms with E-state index >= 15 is 0 Å². The smallest absolute Gasteiger partial charge is 0.220 e. The van der Waals surface area contributed by atoms with Crippen molar-refractivity contribution in [1.29, 1.82) is 0 Å². The molecular weight excluding hydrogens is 260 g/mol. The first-order valence-electron chi connectivity index (χ1n) is 8.22. The Morgan fingerprint density at radius 3 is 2.57 bits per heavy atom. The number of hydrogen-bond donors (Lipinski definition) is 2. The number of rotatable bonds is 6. The molecular formula is C18H28N2O. The van der Waals surface area contributed by atoms with Gasteiger partial charge in [0.2, 0.25) is 5.91 Å². The Hall–Kier alpha value is -1.35. The van der Waals surface area contributed by atoms with Crippen molar-refractivity contribution in [3.05, 3.63) is 35.9 Å². The summed E-state index contributed by atoms with van der Waals surface area (Å²) < 4.78 is 0. The van der Waals surface area contributed by atoms with Gasteiger partial charge >= 0.3 is 0 Å². The molecule has 1 heterocycles. The zero-order valence-electron chi connectivity index (χ0n) is 13.3. The highest BCUT2D eigenvalue weighted by Gasteiger charge is 2.18. The van der Waals surface area contributed by atoms with Crippen LogP contribution in [0.2, 0.25) is 0 Å². The Kier molecular flexibility index (Phi) is 6.24. The summed E-state index contributed by atoms with van der Waals surface area (Å²) in [7, 11) is 0. The average Bonchev–Trinajstić information content (AvgIpc) is 2.54. The van der Waals surface area contributed by atoms with Crippen LogP contribution in [-0.4, -0.2) is 25.0 Å². The lowest BCUT2D eigenvalue weighted by atomic mass is 9.92. The van der Waals surface area contributed by atoms with Crippen LogP contribution in [0.1, 0.15) is 51.0 Å². The van der Waals surface area contributed by atoms with E-state index in [0.29, 0.717) is 12.3 Å². The average molecular weight is 288 g/mol. The molecule has 0 aromatic heterocycles. The van der Waals surface area contributed by atoms with E-state index in [1.165, 1.54) is 18.4 Å². The van der Waals surface area contributed by atoms with E-state index in [2.05, 4.69) is 48.7 Å². The molecule has 0 bridgehead atoms. The number of amides is 1. The van der Waals surface area contributed by atoms with E-state index in [9.17, 15) is 4.79 Å². The number of carbonyl (C=O) groups excluding carboxylic acids is 1. The summed E-state index contributed by atoms with van der Waals surface area (Å²) in [4.78, 5) is 12.1. The van der Waals surface area contributed by atoms with Crippen LogP contribution >= 0.6 is 0 Å². The second kappa shape index (κ2) is 8.18.